The summed E-state index contributed by atoms with van der Waals surface area (Å²) in [6.45, 7) is 1.75. The van der Waals surface area contributed by atoms with E-state index in [1.165, 1.54) is 6.20 Å². The van der Waals surface area contributed by atoms with Gasteiger partial charge in [-0.3, -0.25) is 9.36 Å². The van der Waals surface area contributed by atoms with Crippen LogP contribution in [0, 0.1) is 6.92 Å². The third kappa shape index (κ3) is 2.77. The van der Waals surface area contributed by atoms with Crippen molar-refractivity contribution in [2.75, 3.05) is 0 Å². The average molecular weight is 336 g/mol. The smallest absolute Gasteiger partial charge is 0.352 e. The van der Waals surface area contributed by atoms with Crippen LogP contribution >= 0.6 is 0 Å². The molecule has 0 unspecified atom stereocenters. The summed E-state index contributed by atoms with van der Waals surface area (Å²) in [6.07, 6.45) is 5.29. The molecule has 3 rings (SSSR count). The molecule has 6 nitrogen and oxygen atoms in total. The van der Waals surface area contributed by atoms with Crippen LogP contribution in [-0.4, -0.2) is 37.1 Å². The van der Waals surface area contributed by atoms with Crippen LogP contribution < -0.4 is 5.32 Å². The first-order valence-corrected chi connectivity index (χ1v) is 7.67. The second kappa shape index (κ2) is 5.94. The Morgan fingerprint density at radius 1 is 1.42 bits per heavy atom. The standard InChI is InChI=1S/C16H18F2N4O2/c1-11-19-7-8-22(11)13-4-3-12(9-20-13)10-21-14(23)16(17,18)15(24)5-2-6-15/h3-4,7-9,24H,2,5-6,10H2,1H3,(H,21,23). The average Bonchev–Trinajstić information content (AvgIpc) is 2.96. The fourth-order valence-corrected chi connectivity index (χ4v) is 2.61. The highest BCUT2D eigenvalue weighted by atomic mass is 19.3. The van der Waals surface area contributed by atoms with Gasteiger partial charge in [0.2, 0.25) is 0 Å². The topological polar surface area (TPSA) is 80.0 Å². The van der Waals surface area contributed by atoms with Crippen LogP contribution in [0.4, 0.5) is 8.78 Å². The first-order chi connectivity index (χ1) is 11.3. The maximum Gasteiger partial charge on any atom is 0.352 e. The molecule has 2 heterocycles. The second-order valence-corrected chi connectivity index (χ2v) is 6.01. The lowest BCUT2D eigenvalue weighted by atomic mass is 9.75. The highest BCUT2D eigenvalue weighted by molar-refractivity contribution is 5.85. The number of carbonyl (C=O) groups excluding carboxylic acids is 1. The summed E-state index contributed by atoms with van der Waals surface area (Å²) in [5, 5.41) is 11.9. The highest BCUT2D eigenvalue weighted by Crippen LogP contribution is 2.44. The zero-order valence-electron chi connectivity index (χ0n) is 13.2. The number of halogens is 2. The Labute approximate surface area is 137 Å². The number of hydrogen-bond donors (Lipinski definition) is 2. The fraction of sp³-hybridized carbons (Fsp3) is 0.438. The lowest BCUT2D eigenvalue weighted by Crippen LogP contribution is -2.60. The van der Waals surface area contributed by atoms with Gasteiger partial charge in [0.15, 0.2) is 0 Å². The van der Waals surface area contributed by atoms with Crippen molar-refractivity contribution < 1.29 is 18.7 Å². The number of hydrogen-bond acceptors (Lipinski definition) is 4. The molecule has 0 spiro atoms. The van der Waals surface area contributed by atoms with Crippen LogP contribution in [0.1, 0.15) is 30.7 Å². The zero-order chi connectivity index (χ0) is 17.4. The van der Waals surface area contributed by atoms with E-state index in [4.69, 9.17) is 0 Å². The molecule has 1 aliphatic rings. The third-order valence-electron chi connectivity index (χ3n) is 4.39. The van der Waals surface area contributed by atoms with Gasteiger partial charge in [0, 0.05) is 25.1 Å². The molecule has 2 N–H and O–H groups in total. The molecule has 1 amide bonds. The van der Waals surface area contributed by atoms with E-state index in [-0.39, 0.29) is 19.4 Å². The van der Waals surface area contributed by atoms with Crippen molar-refractivity contribution in [3.8, 4) is 5.82 Å². The molecule has 0 aliphatic heterocycles. The molecule has 2 aromatic heterocycles. The van der Waals surface area contributed by atoms with E-state index < -0.39 is 17.4 Å². The number of aliphatic hydroxyl groups is 1. The van der Waals surface area contributed by atoms with Gasteiger partial charge in [0.05, 0.1) is 0 Å². The minimum absolute atomic E-state index is 0.0616. The van der Waals surface area contributed by atoms with E-state index in [2.05, 4.69) is 15.3 Å². The van der Waals surface area contributed by atoms with Crippen molar-refractivity contribution in [3.05, 3.63) is 42.1 Å². The van der Waals surface area contributed by atoms with E-state index in [1.807, 2.05) is 6.92 Å². The first-order valence-electron chi connectivity index (χ1n) is 7.67. The number of aromatic nitrogens is 3. The van der Waals surface area contributed by atoms with Gasteiger partial charge < -0.3 is 10.4 Å². The summed E-state index contributed by atoms with van der Waals surface area (Å²) in [4.78, 5) is 20.1. The van der Waals surface area contributed by atoms with Crippen molar-refractivity contribution in [1.29, 1.82) is 0 Å². The van der Waals surface area contributed by atoms with Crippen molar-refractivity contribution in [2.45, 2.75) is 44.3 Å². The van der Waals surface area contributed by atoms with Gasteiger partial charge in [-0.1, -0.05) is 6.07 Å². The monoisotopic (exact) mass is 336 g/mol. The van der Waals surface area contributed by atoms with Gasteiger partial charge in [0.1, 0.15) is 17.2 Å². The zero-order valence-corrected chi connectivity index (χ0v) is 13.2. The van der Waals surface area contributed by atoms with Crippen LogP contribution in [-0.2, 0) is 11.3 Å². The van der Waals surface area contributed by atoms with E-state index in [0.717, 1.165) is 5.82 Å². The number of carbonyl (C=O) groups is 1. The minimum atomic E-state index is -3.79. The molecular weight excluding hydrogens is 318 g/mol. The van der Waals surface area contributed by atoms with Gasteiger partial charge in [0.25, 0.3) is 5.91 Å². The lowest BCUT2D eigenvalue weighted by molar-refractivity contribution is -0.216. The molecule has 0 bridgehead atoms. The number of alkyl halides is 2. The molecule has 2 aromatic rings. The largest absolute Gasteiger partial charge is 0.383 e. The number of amides is 1. The predicted molar refractivity (Wildman–Crippen MR) is 81.7 cm³/mol. The van der Waals surface area contributed by atoms with E-state index in [1.54, 1.807) is 29.1 Å². The summed E-state index contributed by atoms with van der Waals surface area (Å²) < 4.78 is 29.7. The molecule has 1 aliphatic carbocycles. The number of rotatable bonds is 5. The second-order valence-electron chi connectivity index (χ2n) is 6.01. The van der Waals surface area contributed by atoms with Crippen LogP contribution in [0.15, 0.2) is 30.7 Å². The first kappa shape index (κ1) is 16.5. The number of nitrogens with one attached hydrogen (secondary N) is 1. The van der Waals surface area contributed by atoms with Crippen molar-refractivity contribution in [2.24, 2.45) is 0 Å². The predicted octanol–water partition coefficient (Wildman–Crippen LogP) is 1.74. The highest BCUT2D eigenvalue weighted by Gasteiger charge is 2.61. The van der Waals surface area contributed by atoms with Gasteiger partial charge in [-0.15, -0.1) is 0 Å². The summed E-state index contributed by atoms with van der Waals surface area (Å²) in [7, 11) is 0. The van der Waals surface area contributed by atoms with Crippen molar-refractivity contribution in [1.82, 2.24) is 19.9 Å². The Morgan fingerprint density at radius 3 is 2.67 bits per heavy atom. The molecule has 1 fully saturated rings. The van der Waals surface area contributed by atoms with Crippen molar-refractivity contribution >= 4 is 5.91 Å². The van der Waals surface area contributed by atoms with Crippen LogP contribution in [0.3, 0.4) is 0 Å². The maximum absolute atomic E-state index is 14.0. The normalized spacial score (nSPS) is 16.5. The molecular formula is C16H18F2N4O2. The Kier molecular flexibility index (Phi) is 4.08. The number of nitrogens with zero attached hydrogens (tertiary/aromatic N) is 3. The van der Waals surface area contributed by atoms with Gasteiger partial charge in [-0.25, -0.2) is 9.97 Å². The van der Waals surface area contributed by atoms with Crippen LogP contribution in [0.2, 0.25) is 0 Å². The lowest BCUT2D eigenvalue weighted by Gasteiger charge is -2.41. The molecule has 128 valence electrons. The van der Waals surface area contributed by atoms with Gasteiger partial charge in [-0.05, 0) is 37.8 Å². The Balaban J connectivity index is 1.63. The molecule has 0 atom stereocenters. The molecule has 0 saturated heterocycles. The number of pyridine rings is 1. The molecule has 1 saturated carbocycles. The minimum Gasteiger partial charge on any atom is -0.383 e. The Hall–Kier alpha value is -2.35. The Morgan fingerprint density at radius 2 is 2.17 bits per heavy atom. The quantitative estimate of drug-likeness (QED) is 0.872. The third-order valence-corrected chi connectivity index (χ3v) is 4.39. The summed E-state index contributed by atoms with van der Waals surface area (Å²) in [5.41, 5.74) is -1.63. The summed E-state index contributed by atoms with van der Waals surface area (Å²) in [6, 6.07) is 3.41. The fourth-order valence-electron chi connectivity index (χ4n) is 2.61. The van der Waals surface area contributed by atoms with Crippen LogP contribution in [0.25, 0.3) is 5.82 Å². The molecule has 0 aromatic carbocycles. The summed E-state index contributed by atoms with van der Waals surface area (Å²) in [5.74, 6) is -3.82. The maximum atomic E-state index is 14.0. The van der Waals surface area contributed by atoms with E-state index >= 15 is 0 Å². The van der Waals surface area contributed by atoms with Gasteiger partial charge in [-0.2, -0.15) is 8.78 Å². The molecule has 8 heteroatoms. The van der Waals surface area contributed by atoms with Crippen molar-refractivity contribution in [3.63, 3.8) is 0 Å². The van der Waals surface area contributed by atoms with E-state index in [9.17, 15) is 18.7 Å². The van der Waals surface area contributed by atoms with Gasteiger partial charge >= 0.3 is 5.92 Å². The SMILES string of the molecule is Cc1nccn1-c1ccc(CNC(=O)C(F)(F)C2(O)CCC2)cn1. The number of aryl methyl sites for hydroxylation is 1. The summed E-state index contributed by atoms with van der Waals surface area (Å²) >= 11 is 0. The van der Waals surface area contributed by atoms with Crippen LogP contribution in [0.5, 0.6) is 0 Å². The molecule has 0 radical (unpaired) electrons. The van der Waals surface area contributed by atoms with E-state index in [0.29, 0.717) is 17.8 Å². The number of imidazole rings is 1. The Bertz CT molecular complexity index is 739. The molecule has 24 heavy (non-hydrogen) atoms.